The van der Waals surface area contributed by atoms with E-state index in [2.05, 4.69) is 0 Å². The number of aryl methyl sites for hydroxylation is 2. The summed E-state index contributed by atoms with van der Waals surface area (Å²) in [6, 6.07) is 11.3. The fourth-order valence-corrected chi connectivity index (χ4v) is 4.79. The Morgan fingerprint density at radius 3 is 2.40 bits per heavy atom. The lowest BCUT2D eigenvalue weighted by Crippen LogP contribution is -2.45. The number of methoxy groups -OCH3 is 1. The number of ether oxygens (including phenoxy) is 1. The highest BCUT2D eigenvalue weighted by Crippen LogP contribution is 2.28. The maximum atomic E-state index is 13.4. The summed E-state index contributed by atoms with van der Waals surface area (Å²) in [5, 5.41) is 0.558. The van der Waals surface area contributed by atoms with Crippen LogP contribution in [0.15, 0.2) is 48.7 Å². The molecule has 0 bridgehead atoms. The summed E-state index contributed by atoms with van der Waals surface area (Å²) in [6.07, 6.45) is 2.48. The predicted molar refractivity (Wildman–Crippen MR) is 117 cm³/mol. The second-order valence-corrected chi connectivity index (χ2v) is 9.14. The standard InChI is InChI=1S/C22H24N2O5S/c1-14-10-11-15(2)20(12-14)24(30(5,27)28)16(3)21(25)23-13-18(22(26)29-4)17-8-6-7-9-19(17)23/h6-13,16H,1-5H3. The van der Waals surface area contributed by atoms with Gasteiger partial charge in [-0.25, -0.2) is 13.2 Å². The van der Waals surface area contributed by atoms with E-state index in [0.717, 1.165) is 21.7 Å². The Hall–Kier alpha value is -3.13. The first-order chi connectivity index (χ1) is 14.1. The number of fused-ring (bicyclic) bond motifs is 1. The van der Waals surface area contributed by atoms with Gasteiger partial charge in [-0.05, 0) is 44.0 Å². The maximum absolute atomic E-state index is 13.4. The highest BCUT2D eigenvalue weighted by atomic mass is 32.2. The predicted octanol–water partition coefficient (Wildman–Crippen LogP) is 3.54. The molecule has 7 nitrogen and oxygen atoms in total. The van der Waals surface area contributed by atoms with Gasteiger partial charge < -0.3 is 4.74 Å². The Bertz CT molecular complexity index is 1240. The van der Waals surface area contributed by atoms with Crippen molar-refractivity contribution in [3.8, 4) is 0 Å². The van der Waals surface area contributed by atoms with Crippen molar-refractivity contribution >= 4 is 38.5 Å². The van der Waals surface area contributed by atoms with Gasteiger partial charge >= 0.3 is 5.97 Å². The molecule has 1 atom stereocenters. The molecule has 0 amide bonds. The van der Waals surface area contributed by atoms with Crippen LogP contribution in [0.5, 0.6) is 0 Å². The third-order valence-corrected chi connectivity index (χ3v) is 6.25. The van der Waals surface area contributed by atoms with E-state index in [-0.39, 0.29) is 5.56 Å². The summed E-state index contributed by atoms with van der Waals surface area (Å²) in [7, 11) is -2.50. The SMILES string of the molecule is COC(=O)c1cn(C(=O)C(C)N(c2cc(C)ccc2C)S(C)(=O)=O)c2ccccc12. The molecule has 0 aliphatic heterocycles. The Morgan fingerprint density at radius 2 is 1.77 bits per heavy atom. The van der Waals surface area contributed by atoms with Crippen LogP contribution >= 0.6 is 0 Å². The number of para-hydroxylation sites is 1. The summed E-state index contributed by atoms with van der Waals surface area (Å²) in [5.41, 5.74) is 2.81. The lowest BCUT2D eigenvalue weighted by Gasteiger charge is -2.30. The molecule has 2 aromatic carbocycles. The van der Waals surface area contributed by atoms with Gasteiger partial charge in [0.25, 0.3) is 5.91 Å². The number of hydrogen-bond acceptors (Lipinski definition) is 5. The van der Waals surface area contributed by atoms with E-state index >= 15 is 0 Å². The third kappa shape index (κ3) is 3.82. The number of sulfonamides is 1. The van der Waals surface area contributed by atoms with Crippen molar-refractivity contribution in [2.45, 2.75) is 26.8 Å². The van der Waals surface area contributed by atoms with E-state index in [1.807, 2.05) is 19.1 Å². The normalized spacial score (nSPS) is 12.6. The highest BCUT2D eigenvalue weighted by Gasteiger charge is 2.32. The second-order valence-electron chi connectivity index (χ2n) is 7.28. The largest absolute Gasteiger partial charge is 0.465 e. The van der Waals surface area contributed by atoms with E-state index in [1.54, 1.807) is 37.3 Å². The number of aromatic nitrogens is 1. The van der Waals surface area contributed by atoms with Crippen molar-refractivity contribution in [3.05, 3.63) is 65.4 Å². The van der Waals surface area contributed by atoms with Crippen molar-refractivity contribution in [2.75, 3.05) is 17.7 Å². The molecule has 0 aliphatic carbocycles. The Balaban J connectivity index is 2.16. The summed E-state index contributed by atoms with van der Waals surface area (Å²) in [5.74, 6) is -1.05. The molecule has 1 aromatic heterocycles. The summed E-state index contributed by atoms with van der Waals surface area (Å²) in [6.45, 7) is 5.19. The number of hydrogen-bond donors (Lipinski definition) is 0. The number of carbonyl (C=O) groups excluding carboxylic acids is 2. The first kappa shape index (κ1) is 21.6. The van der Waals surface area contributed by atoms with Crippen LogP contribution < -0.4 is 4.31 Å². The molecule has 0 N–H and O–H groups in total. The maximum Gasteiger partial charge on any atom is 0.340 e. The van der Waals surface area contributed by atoms with E-state index in [0.29, 0.717) is 16.6 Å². The lowest BCUT2D eigenvalue weighted by molar-refractivity contribution is 0.0603. The van der Waals surface area contributed by atoms with Gasteiger partial charge in [0.2, 0.25) is 10.0 Å². The quantitative estimate of drug-likeness (QED) is 0.580. The summed E-state index contributed by atoms with van der Waals surface area (Å²) >= 11 is 0. The smallest absolute Gasteiger partial charge is 0.340 e. The van der Waals surface area contributed by atoms with Crippen molar-refractivity contribution in [2.24, 2.45) is 0 Å². The van der Waals surface area contributed by atoms with Gasteiger partial charge in [0, 0.05) is 11.6 Å². The average Bonchev–Trinajstić information content (AvgIpc) is 3.08. The van der Waals surface area contributed by atoms with Gasteiger partial charge in [0.15, 0.2) is 0 Å². The molecule has 3 aromatic rings. The fraction of sp³-hybridized carbons (Fsp3) is 0.273. The first-order valence-electron chi connectivity index (χ1n) is 9.35. The minimum atomic E-state index is -3.77. The van der Waals surface area contributed by atoms with Crippen molar-refractivity contribution in [3.63, 3.8) is 0 Å². The topological polar surface area (TPSA) is 85.7 Å². The van der Waals surface area contributed by atoms with Gasteiger partial charge in [-0.1, -0.05) is 30.3 Å². The second kappa shape index (κ2) is 7.95. The van der Waals surface area contributed by atoms with Crippen LogP contribution in [0.3, 0.4) is 0 Å². The van der Waals surface area contributed by atoms with Crippen LogP contribution in [0.4, 0.5) is 5.69 Å². The van der Waals surface area contributed by atoms with Crippen LogP contribution in [-0.2, 0) is 14.8 Å². The number of carbonyl (C=O) groups is 2. The number of rotatable bonds is 5. The highest BCUT2D eigenvalue weighted by molar-refractivity contribution is 7.92. The molecule has 1 unspecified atom stereocenters. The molecule has 0 radical (unpaired) electrons. The van der Waals surface area contributed by atoms with Gasteiger partial charge in [-0.3, -0.25) is 13.7 Å². The Morgan fingerprint density at radius 1 is 1.10 bits per heavy atom. The van der Waals surface area contributed by atoms with Gasteiger partial charge in [-0.2, -0.15) is 0 Å². The summed E-state index contributed by atoms with van der Waals surface area (Å²) < 4.78 is 32.6. The number of anilines is 1. The molecular formula is C22H24N2O5S. The van der Waals surface area contributed by atoms with Crippen LogP contribution in [0.2, 0.25) is 0 Å². The van der Waals surface area contributed by atoms with E-state index in [1.165, 1.54) is 24.8 Å². The number of benzene rings is 2. The molecule has 0 saturated heterocycles. The van der Waals surface area contributed by atoms with Crippen molar-refractivity contribution < 1.29 is 22.7 Å². The number of nitrogens with zero attached hydrogens (tertiary/aromatic N) is 2. The third-order valence-electron chi connectivity index (χ3n) is 5.02. The Labute approximate surface area is 175 Å². The zero-order valence-corrected chi connectivity index (χ0v) is 18.4. The minimum Gasteiger partial charge on any atom is -0.465 e. The minimum absolute atomic E-state index is 0.242. The lowest BCUT2D eigenvalue weighted by atomic mass is 10.1. The zero-order valence-electron chi connectivity index (χ0n) is 17.5. The van der Waals surface area contributed by atoms with E-state index in [4.69, 9.17) is 4.74 Å². The average molecular weight is 429 g/mol. The zero-order chi connectivity index (χ0) is 22.2. The molecule has 1 heterocycles. The molecular weight excluding hydrogens is 404 g/mol. The van der Waals surface area contributed by atoms with Crippen molar-refractivity contribution in [1.29, 1.82) is 0 Å². The Kier molecular flexibility index (Phi) is 5.72. The van der Waals surface area contributed by atoms with Gasteiger partial charge in [0.05, 0.1) is 30.1 Å². The van der Waals surface area contributed by atoms with E-state index < -0.39 is 27.9 Å². The number of esters is 1. The molecule has 0 fully saturated rings. The van der Waals surface area contributed by atoms with E-state index in [9.17, 15) is 18.0 Å². The monoisotopic (exact) mass is 428 g/mol. The summed E-state index contributed by atoms with van der Waals surface area (Å²) in [4.78, 5) is 25.6. The van der Waals surface area contributed by atoms with Crippen LogP contribution in [0.1, 0.15) is 33.2 Å². The van der Waals surface area contributed by atoms with Gasteiger partial charge in [-0.15, -0.1) is 0 Å². The fourth-order valence-electron chi connectivity index (χ4n) is 3.57. The molecule has 0 spiro atoms. The van der Waals surface area contributed by atoms with Crippen LogP contribution in [0, 0.1) is 13.8 Å². The van der Waals surface area contributed by atoms with Crippen LogP contribution in [0.25, 0.3) is 10.9 Å². The molecule has 0 aliphatic rings. The molecule has 0 saturated carbocycles. The van der Waals surface area contributed by atoms with Crippen molar-refractivity contribution in [1.82, 2.24) is 4.57 Å². The molecule has 8 heteroatoms. The first-order valence-corrected chi connectivity index (χ1v) is 11.2. The molecule has 3 rings (SSSR count). The van der Waals surface area contributed by atoms with Crippen LogP contribution in [-0.4, -0.2) is 44.3 Å². The van der Waals surface area contributed by atoms with Gasteiger partial charge in [0.1, 0.15) is 6.04 Å². The molecule has 30 heavy (non-hydrogen) atoms. The molecule has 158 valence electrons.